The fourth-order valence-corrected chi connectivity index (χ4v) is 2.72. The zero-order chi connectivity index (χ0) is 16.0. The van der Waals surface area contributed by atoms with E-state index in [0.717, 1.165) is 32.4 Å². The van der Waals surface area contributed by atoms with Crippen LogP contribution in [0.3, 0.4) is 0 Å². The van der Waals surface area contributed by atoms with E-state index in [4.69, 9.17) is 14.2 Å². The molecule has 0 aromatic carbocycles. The van der Waals surface area contributed by atoms with Crippen molar-refractivity contribution in [3.8, 4) is 0 Å². The molecule has 0 spiro atoms. The summed E-state index contributed by atoms with van der Waals surface area (Å²) in [5.74, 6) is -3.02. The number of hydrogen-bond acceptors (Lipinski definition) is 6. The van der Waals surface area contributed by atoms with E-state index in [2.05, 4.69) is 4.90 Å². The molecule has 2 aliphatic heterocycles. The van der Waals surface area contributed by atoms with Crippen LogP contribution in [-0.4, -0.2) is 78.4 Å². The number of ether oxygens (including phenoxy) is 3. The zero-order valence-electron chi connectivity index (χ0n) is 12.5. The van der Waals surface area contributed by atoms with Gasteiger partial charge in [-0.3, -0.25) is 0 Å². The van der Waals surface area contributed by atoms with Crippen molar-refractivity contribution in [1.29, 1.82) is 0 Å². The van der Waals surface area contributed by atoms with Crippen molar-refractivity contribution >= 4 is 11.9 Å². The van der Waals surface area contributed by atoms with E-state index in [9.17, 15) is 19.8 Å². The SMILES string of the molecule is O=C(O)C(CCN1CCCCC1)(OC1COCCO1)C(=O)O. The lowest BCUT2D eigenvalue weighted by atomic mass is 9.98. The molecule has 2 fully saturated rings. The maximum Gasteiger partial charge on any atom is 0.348 e. The highest BCUT2D eigenvalue weighted by Crippen LogP contribution is 2.23. The third-order valence-electron chi connectivity index (χ3n) is 4.04. The quantitative estimate of drug-likeness (QED) is 0.640. The average molecular weight is 317 g/mol. The molecule has 8 nitrogen and oxygen atoms in total. The van der Waals surface area contributed by atoms with E-state index < -0.39 is 23.8 Å². The summed E-state index contributed by atoms with van der Waals surface area (Å²) in [5, 5.41) is 18.9. The second-order valence-corrected chi connectivity index (χ2v) is 5.58. The van der Waals surface area contributed by atoms with Gasteiger partial charge in [-0.1, -0.05) is 6.42 Å². The molecule has 0 aliphatic carbocycles. The smallest absolute Gasteiger partial charge is 0.348 e. The molecule has 22 heavy (non-hydrogen) atoms. The molecule has 0 amide bonds. The van der Waals surface area contributed by atoms with Gasteiger partial charge in [0.25, 0.3) is 5.60 Å². The summed E-state index contributed by atoms with van der Waals surface area (Å²) in [6.07, 6.45) is 2.16. The lowest BCUT2D eigenvalue weighted by Gasteiger charge is -2.34. The van der Waals surface area contributed by atoms with Crippen LogP contribution >= 0.6 is 0 Å². The monoisotopic (exact) mass is 317 g/mol. The summed E-state index contributed by atoms with van der Waals surface area (Å²) in [4.78, 5) is 25.3. The Kier molecular flexibility index (Phi) is 6.13. The lowest BCUT2D eigenvalue weighted by molar-refractivity contribution is -0.260. The Bertz CT molecular complexity index is 375. The number of carboxylic acids is 2. The second kappa shape index (κ2) is 7.87. The van der Waals surface area contributed by atoms with Crippen LogP contribution in [0.1, 0.15) is 25.7 Å². The van der Waals surface area contributed by atoms with Crippen LogP contribution in [0.4, 0.5) is 0 Å². The van der Waals surface area contributed by atoms with Crippen LogP contribution in [0.5, 0.6) is 0 Å². The summed E-state index contributed by atoms with van der Waals surface area (Å²) < 4.78 is 15.7. The molecule has 2 N–H and O–H groups in total. The van der Waals surface area contributed by atoms with Crippen LogP contribution < -0.4 is 0 Å². The minimum absolute atomic E-state index is 0.0338. The Hall–Kier alpha value is -1.22. The van der Waals surface area contributed by atoms with E-state index in [1.54, 1.807) is 0 Å². The van der Waals surface area contributed by atoms with Gasteiger partial charge in [-0.05, 0) is 25.9 Å². The molecule has 0 aromatic rings. The molecule has 2 rings (SSSR count). The Morgan fingerprint density at radius 3 is 2.36 bits per heavy atom. The Morgan fingerprint density at radius 2 is 1.82 bits per heavy atom. The van der Waals surface area contributed by atoms with Gasteiger partial charge < -0.3 is 29.3 Å². The third-order valence-corrected chi connectivity index (χ3v) is 4.04. The Morgan fingerprint density at radius 1 is 1.14 bits per heavy atom. The molecule has 2 aliphatic rings. The number of likely N-dealkylation sites (tertiary alicyclic amines) is 1. The first-order chi connectivity index (χ1) is 10.5. The van der Waals surface area contributed by atoms with Gasteiger partial charge in [-0.2, -0.15) is 0 Å². The van der Waals surface area contributed by atoms with Crippen molar-refractivity contribution in [1.82, 2.24) is 4.90 Å². The minimum Gasteiger partial charge on any atom is -0.479 e. The molecule has 1 atom stereocenters. The van der Waals surface area contributed by atoms with E-state index in [-0.39, 0.29) is 19.6 Å². The van der Waals surface area contributed by atoms with Gasteiger partial charge >= 0.3 is 11.9 Å². The summed E-state index contributed by atoms with van der Waals surface area (Å²) >= 11 is 0. The number of nitrogens with zero attached hydrogens (tertiary/aromatic N) is 1. The molecule has 2 heterocycles. The molecule has 1 unspecified atom stereocenters. The molecular weight excluding hydrogens is 294 g/mol. The number of rotatable bonds is 7. The minimum atomic E-state index is -2.30. The van der Waals surface area contributed by atoms with Crippen LogP contribution in [0.2, 0.25) is 0 Å². The van der Waals surface area contributed by atoms with Crippen molar-refractivity contribution in [2.45, 2.75) is 37.6 Å². The number of aliphatic carboxylic acids is 2. The number of carboxylic acid groups (broad SMARTS) is 2. The van der Waals surface area contributed by atoms with Gasteiger partial charge in [0.05, 0.1) is 19.8 Å². The predicted molar refractivity (Wildman–Crippen MR) is 74.6 cm³/mol. The first-order valence-corrected chi connectivity index (χ1v) is 7.61. The summed E-state index contributed by atoms with van der Waals surface area (Å²) in [6.45, 7) is 2.77. The highest BCUT2D eigenvalue weighted by Gasteiger charge is 2.50. The van der Waals surface area contributed by atoms with Gasteiger partial charge in [0.1, 0.15) is 0 Å². The van der Waals surface area contributed by atoms with Crippen molar-refractivity contribution in [3.63, 3.8) is 0 Å². The van der Waals surface area contributed by atoms with E-state index in [1.807, 2.05) is 0 Å². The largest absolute Gasteiger partial charge is 0.479 e. The molecule has 0 aromatic heterocycles. The zero-order valence-corrected chi connectivity index (χ0v) is 12.5. The summed E-state index contributed by atoms with van der Waals surface area (Å²) in [5.41, 5.74) is -2.30. The van der Waals surface area contributed by atoms with Crippen molar-refractivity contribution < 1.29 is 34.0 Å². The molecule has 2 saturated heterocycles. The van der Waals surface area contributed by atoms with Crippen molar-refractivity contribution in [2.24, 2.45) is 0 Å². The first kappa shape index (κ1) is 17.1. The van der Waals surface area contributed by atoms with Crippen LogP contribution in [0.15, 0.2) is 0 Å². The maximum absolute atomic E-state index is 11.6. The van der Waals surface area contributed by atoms with Gasteiger partial charge in [-0.25, -0.2) is 9.59 Å². The Balaban J connectivity index is 2.02. The normalized spacial score (nSPS) is 24.1. The van der Waals surface area contributed by atoms with E-state index in [1.165, 1.54) is 0 Å². The maximum atomic E-state index is 11.6. The van der Waals surface area contributed by atoms with Gasteiger partial charge in [0.15, 0.2) is 6.29 Å². The number of carbonyl (C=O) groups is 2. The van der Waals surface area contributed by atoms with Crippen molar-refractivity contribution in [3.05, 3.63) is 0 Å². The molecule has 126 valence electrons. The van der Waals surface area contributed by atoms with Crippen LogP contribution in [0.25, 0.3) is 0 Å². The van der Waals surface area contributed by atoms with Gasteiger partial charge in [0.2, 0.25) is 0 Å². The molecular formula is C14H23NO7. The molecule has 0 radical (unpaired) electrons. The topological polar surface area (TPSA) is 106 Å². The fraction of sp³-hybridized carbons (Fsp3) is 0.857. The third kappa shape index (κ3) is 4.16. The fourth-order valence-electron chi connectivity index (χ4n) is 2.72. The van der Waals surface area contributed by atoms with E-state index in [0.29, 0.717) is 13.2 Å². The Labute approximate surface area is 128 Å². The van der Waals surface area contributed by atoms with E-state index >= 15 is 0 Å². The van der Waals surface area contributed by atoms with Crippen LogP contribution in [-0.2, 0) is 23.8 Å². The summed E-state index contributed by atoms with van der Waals surface area (Å²) in [6, 6.07) is 0. The number of piperidine rings is 1. The highest BCUT2D eigenvalue weighted by atomic mass is 16.7. The molecule has 0 bridgehead atoms. The first-order valence-electron chi connectivity index (χ1n) is 7.61. The standard InChI is InChI=1S/C14H23NO7/c16-12(17)14(13(18)19,22-11-10-20-8-9-21-11)4-7-15-5-2-1-3-6-15/h11H,1-10H2,(H,16,17)(H,18,19). The average Bonchev–Trinajstić information content (AvgIpc) is 2.53. The predicted octanol–water partition coefficient (Wildman–Crippen LogP) is 0.160. The van der Waals surface area contributed by atoms with Crippen molar-refractivity contribution in [2.75, 3.05) is 39.5 Å². The lowest BCUT2D eigenvalue weighted by Crippen LogP contribution is -2.55. The number of hydrogen-bond donors (Lipinski definition) is 2. The highest BCUT2D eigenvalue weighted by molar-refractivity contribution is 6.01. The van der Waals surface area contributed by atoms with Gasteiger partial charge in [-0.15, -0.1) is 0 Å². The van der Waals surface area contributed by atoms with Crippen LogP contribution in [0, 0.1) is 0 Å². The molecule has 0 saturated carbocycles. The van der Waals surface area contributed by atoms with Gasteiger partial charge in [0, 0.05) is 13.0 Å². The molecule has 8 heteroatoms. The second-order valence-electron chi connectivity index (χ2n) is 5.58. The summed E-state index contributed by atoms with van der Waals surface area (Å²) in [7, 11) is 0.